The second kappa shape index (κ2) is 3.86. The van der Waals surface area contributed by atoms with E-state index in [4.69, 9.17) is 34.8 Å². The minimum Gasteiger partial charge on any atom is -0.281 e. The zero-order valence-electron chi connectivity index (χ0n) is 8.03. The van der Waals surface area contributed by atoms with E-state index < -0.39 is 27.0 Å². The van der Waals surface area contributed by atoms with Crippen molar-refractivity contribution >= 4 is 40.0 Å². The first kappa shape index (κ1) is 13.2. The van der Waals surface area contributed by atoms with Crippen molar-refractivity contribution in [2.24, 2.45) is 17.3 Å². The van der Waals surface area contributed by atoms with E-state index in [1.807, 2.05) is 0 Å². The second-order valence-corrected chi connectivity index (χ2v) is 5.40. The van der Waals surface area contributed by atoms with Crippen molar-refractivity contribution in [2.45, 2.75) is 19.2 Å². The molecule has 1 aliphatic rings. The van der Waals surface area contributed by atoms with Crippen LogP contribution in [-0.2, 0) is 4.79 Å². The fourth-order valence-corrected chi connectivity index (χ4v) is 2.29. The van der Waals surface area contributed by atoms with Crippen LogP contribution in [0, 0.1) is 17.3 Å². The molecule has 0 N–H and O–H groups in total. The summed E-state index contributed by atoms with van der Waals surface area (Å²) in [6.45, 7) is 3.52. The highest BCUT2D eigenvalue weighted by atomic mass is 35.5. The van der Waals surface area contributed by atoms with Gasteiger partial charge in [0.2, 0.25) is 5.24 Å². The van der Waals surface area contributed by atoms with E-state index in [1.165, 1.54) is 0 Å². The van der Waals surface area contributed by atoms with E-state index in [9.17, 15) is 13.6 Å². The first-order chi connectivity index (χ1) is 6.58. The fourth-order valence-electron chi connectivity index (χ4n) is 1.67. The molecule has 0 heterocycles. The third-order valence-corrected chi connectivity index (χ3v) is 3.65. The monoisotopic (exact) mass is 276 g/mol. The summed E-state index contributed by atoms with van der Waals surface area (Å²) >= 11 is 15.4. The molecule has 1 nitrogen and oxygen atoms in total. The van der Waals surface area contributed by atoms with Gasteiger partial charge in [0.15, 0.2) is 0 Å². The Morgan fingerprint density at radius 1 is 1.40 bits per heavy atom. The standard InChI is InChI=1S/C9H9Cl3F2O/c1-8(2)4(6(8)7(11)15)3-5(10)9(12,13)14/h3-4,6H,1-2H3/b5-3-. The van der Waals surface area contributed by atoms with Gasteiger partial charge in [0, 0.05) is 5.92 Å². The normalized spacial score (nSPS) is 30.2. The Morgan fingerprint density at radius 2 is 1.87 bits per heavy atom. The quantitative estimate of drug-likeness (QED) is 0.563. The van der Waals surface area contributed by atoms with Crippen molar-refractivity contribution in [1.82, 2.24) is 0 Å². The second-order valence-electron chi connectivity index (χ2n) is 4.14. The van der Waals surface area contributed by atoms with Gasteiger partial charge in [0.1, 0.15) is 0 Å². The lowest BCUT2D eigenvalue weighted by Crippen LogP contribution is -2.06. The number of hydrogen-bond donors (Lipinski definition) is 0. The maximum atomic E-state index is 12.5. The maximum Gasteiger partial charge on any atom is 0.358 e. The number of carbonyl (C=O) groups is 1. The summed E-state index contributed by atoms with van der Waals surface area (Å²) in [6.07, 6.45) is 1.11. The molecule has 2 unspecified atom stereocenters. The van der Waals surface area contributed by atoms with E-state index in [2.05, 4.69) is 0 Å². The van der Waals surface area contributed by atoms with Gasteiger partial charge in [-0.3, -0.25) is 4.79 Å². The Balaban J connectivity index is 2.83. The molecule has 0 saturated heterocycles. The lowest BCUT2D eigenvalue weighted by Gasteiger charge is -2.05. The number of allylic oxidation sites excluding steroid dienone is 2. The van der Waals surface area contributed by atoms with Crippen LogP contribution in [0.25, 0.3) is 0 Å². The van der Waals surface area contributed by atoms with Gasteiger partial charge < -0.3 is 0 Å². The van der Waals surface area contributed by atoms with Crippen molar-refractivity contribution in [3.05, 3.63) is 11.1 Å². The Morgan fingerprint density at radius 3 is 2.13 bits per heavy atom. The Kier molecular flexibility index (Phi) is 3.40. The van der Waals surface area contributed by atoms with Gasteiger partial charge in [-0.15, -0.1) is 0 Å². The maximum absolute atomic E-state index is 12.5. The molecule has 0 aromatic heterocycles. The Bertz CT molecular complexity index is 320. The smallest absolute Gasteiger partial charge is 0.281 e. The summed E-state index contributed by atoms with van der Waals surface area (Å²) in [6, 6.07) is 0. The molecule has 0 spiro atoms. The van der Waals surface area contributed by atoms with Gasteiger partial charge in [-0.25, -0.2) is 0 Å². The van der Waals surface area contributed by atoms with Gasteiger partial charge in [-0.1, -0.05) is 31.5 Å². The largest absolute Gasteiger partial charge is 0.358 e. The number of rotatable bonds is 3. The lowest BCUT2D eigenvalue weighted by atomic mass is 10.1. The number of carbonyl (C=O) groups excluding carboxylic acids is 1. The fraction of sp³-hybridized carbons (Fsp3) is 0.667. The molecule has 1 saturated carbocycles. The molecule has 0 bridgehead atoms. The first-order valence-electron chi connectivity index (χ1n) is 4.22. The van der Waals surface area contributed by atoms with Crippen LogP contribution >= 0.6 is 34.8 Å². The molecule has 0 aromatic carbocycles. The van der Waals surface area contributed by atoms with Crippen molar-refractivity contribution in [2.75, 3.05) is 0 Å². The van der Waals surface area contributed by atoms with E-state index in [1.54, 1.807) is 13.8 Å². The lowest BCUT2D eigenvalue weighted by molar-refractivity contribution is -0.113. The third kappa shape index (κ3) is 2.63. The van der Waals surface area contributed by atoms with E-state index in [-0.39, 0.29) is 5.92 Å². The van der Waals surface area contributed by atoms with Crippen LogP contribution in [-0.4, -0.2) is 10.6 Å². The van der Waals surface area contributed by atoms with Gasteiger partial charge in [0.25, 0.3) is 0 Å². The van der Waals surface area contributed by atoms with Crippen molar-refractivity contribution in [1.29, 1.82) is 0 Å². The van der Waals surface area contributed by atoms with Gasteiger partial charge >= 0.3 is 5.38 Å². The molecule has 1 rings (SSSR count). The number of halogens is 5. The van der Waals surface area contributed by atoms with Crippen LogP contribution in [0.3, 0.4) is 0 Å². The minimum absolute atomic E-state index is 0.375. The van der Waals surface area contributed by atoms with Crippen LogP contribution in [0.15, 0.2) is 11.1 Å². The summed E-state index contributed by atoms with van der Waals surface area (Å²) in [5, 5.41) is -4.88. The number of alkyl halides is 3. The topological polar surface area (TPSA) is 17.1 Å². The summed E-state index contributed by atoms with van der Waals surface area (Å²) in [4.78, 5) is 10.9. The zero-order valence-corrected chi connectivity index (χ0v) is 10.3. The predicted octanol–water partition coefficient (Wildman–Crippen LogP) is 3.98. The van der Waals surface area contributed by atoms with E-state index in [0.29, 0.717) is 0 Å². The van der Waals surface area contributed by atoms with Gasteiger partial charge in [-0.05, 0) is 34.5 Å². The average molecular weight is 278 g/mol. The van der Waals surface area contributed by atoms with Crippen molar-refractivity contribution in [3.63, 3.8) is 0 Å². The summed E-state index contributed by atoms with van der Waals surface area (Å²) in [5.41, 5.74) is -0.429. The first-order valence-corrected chi connectivity index (χ1v) is 5.35. The summed E-state index contributed by atoms with van der Waals surface area (Å²) in [5.74, 6) is -0.841. The Hall–Kier alpha value is 0.140. The molecular weight excluding hydrogens is 268 g/mol. The van der Waals surface area contributed by atoms with Gasteiger partial charge in [-0.2, -0.15) is 8.78 Å². The SMILES string of the molecule is CC1(C)C(/C=C(\Cl)C(F)(F)Cl)C1C(=O)Cl. The molecule has 0 radical (unpaired) electrons. The zero-order chi connectivity index (χ0) is 12.0. The molecule has 0 aliphatic heterocycles. The third-order valence-electron chi connectivity index (χ3n) is 2.75. The molecule has 0 aromatic rings. The molecule has 1 fully saturated rings. The predicted molar refractivity (Wildman–Crippen MR) is 56.4 cm³/mol. The van der Waals surface area contributed by atoms with E-state index in [0.717, 1.165) is 6.08 Å². The highest BCUT2D eigenvalue weighted by Crippen LogP contribution is 2.60. The van der Waals surface area contributed by atoms with Crippen LogP contribution in [0.4, 0.5) is 8.78 Å². The van der Waals surface area contributed by atoms with E-state index >= 15 is 0 Å². The molecule has 6 heteroatoms. The molecular formula is C9H9Cl3F2O. The molecule has 2 atom stereocenters. The van der Waals surface area contributed by atoms with Gasteiger partial charge in [0.05, 0.1) is 5.03 Å². The van der Waals surface area contributed by atoms with Crippen molar-refractivity contribution in [3.8, 4) is 0 Å². The van der Waals surface area contributed by atoms with Crippen molar-refractivity contribution < 1.29 is 13.6 Å². The molecule has 0 amide bonds. The number of hydrogen-bond acceptors (Lipinski definition) is 1. The van der Waals surface area contributed by atoms with Crippen LogP contribution in [0.1, 0.15) is 13.8 Å². The average Bonchev–Trinajstić information content (AvgIpc) is 2.50. The molecule has 86 valence electrons. The van der Waals surface area contributed by atoms with Crippen LogP contribution in [0.2, 0.25) is 0 Å². The summed E-state index contributed by atoms with van der Waals surface area (Å²) in [7, 11) is 0. The molecule has 1 aliphatic carbocycles. The Labute approximate surface area is 101 Å². The summed E-state index contributed by atoms with van der Waals surface area (Å²) < 4.78 is 25.1. The highest BCUT2D eigenvalue weighted by Gasteiger charge is 2.60. The highest BCUT2D eigenvalue weighted by molar-refractivity contribution is 6.64. The minimum atomic E-state index is -3.58. The van der Waals surface area contributed by atoms with Crippen LogP contribution in [0.5, 0.6) is 0 Å². The van der Waals surface area contributed by atoms with Crippen LogP contribution < -0.4 is 0 Å². The molecule has 15 heavy (non-hydrogen) atoms.